The minimum atomic E-state index is -0.792. The first-order chi connectivity index (χ1) is 6.06. The number of likely N-dealkylation sites (N-methyl/N-ethyl adjacent to an activating group) is 1. The van der Waals surface area contributed by atoms with E-state index in [1.54, 1.807) is 14.0 Å². The predicted octanol–water partition coefficient (Wildman–Crippen LogP) is 0.514. The van der Waals surface area contributed by atoms with Gasteiger partial charge in [0.1, 0.15) is 0 Å². The van der Waals surface area contributed by atoms with Crippen LogP contribution in [0.4, 0.5) is 4.79 Å². The quantitative estimate of drug-likeness (QED) is 0.558. The second kappa shape index (κ2) is 3.47. The fraction of sp³-hybridized carbons (Fsp3) is 0.500. The van der Waals surface area contributed by atoms with Gasteiger partial charge >= 0.3 is 6.16 Å². The van der Waals surface area contributed by atoms with Crippen molar-refractivity contribution in [2.24, 2.45) is 0 Å². The van der Waals surface area contributed by atoms with Crippen molar-refractivity contribution in [2.45, 2.75) is 13.2 Å². The number of carbonyl (C=O) groups is 2. The lowest BCUT2D eigenvalue weighted by molar-refractivity contribution is -0.129. The van der Waals surface area contributed by atoms with Gasteiger partial charge in [-0.15, -0.1) is 0 Å². The van der Waals surface area contributed by atoms with Crippen molar-refractivity contribution < 1.29 is 19.1 Å². The molecule has 1 rings (SSSR count). The first-order valence-electron chi connectivity index (χ1n) is 3.76. The first kappa shape index (κ1) is 9.57. The molecule has 1 atom stereocenters. The average Bonchev–Trinajstić information content (AvgIpc) is 2.32. The summed E-state index contributed by atoms with van der Waals surface area (Å²) in [5.41, 5.74) is 0.693. The molecule has 0 spiro atoms. The van der Waals surface area contributed by atoms with E-state index in [1.807, 2.05) is 0 Å². The van der Waals surface area contributed by atoms with Crippen molar-refractivity contribution in [1.82, 2.24) is 4.90 Å². The summed E-state index contributed by atoms with van der Waals surface area (Å²) < 4.78 is 9.15. The van der Waals surface area contributed by atoms with Gasteiger partial charge in [0.25, 0.3) is 0 Å². The molecule has 0 saturated carbocycles. The van der Waals surface area contributed by atoms with Crippen LogP contribution in [0.15, 0.2) is 11.6 Å². The summed E-state index contributed by atoms with van der Waals surface area (Å²) in [6, 6.07) is 0. The van der Waals surface area contributed by atoms with Crippen molar-refractivity contribution >= 4 is 12.1 Å². The van der Waals surface area contributed by atoms with Crippen molar-refractivity contribution in [3.63, 3.8) is 0 Å². The number of methoxy groups -OCH3 is 1. The summed E-state index contributed by atoms with van der Waals surface area (Å²) in [5, 5.41) is 0. The third-order valence-corrected chi connectivity index (χ3v) is 1.81. The third kappa shape index (κ3) is 1.80. The standard InChI is InChI=1S/C8H11NO4/c1-5-4-6(10)9(2)7(5)13-8(11)12-3/h4,7H,1-3H3. The Hall–Kier alpha value is -1.52. The zero-order valence-corrected chi connectivity index (χ0v) is 7.73. The minimum Gasteiger partial charge on any atom is -0.438 e. The third-order valence-electron chi connectivity index (χ3n) is 1.81. The molecule has 1 aliphatic rings. The van der Waals surface area contributed by atoms with E-state index in [4.69, 9.17) is 4.74 Å². The summed E-state index contributed by atoms with van der Waals surface area (Å²) in [6.45, 7) is 1.72. The summed E-state index contributed by atoms with van der Waals surface area (Å²) in [7, 11) is 2.78. The van der Waals surface area contributed by atoms with Crippen LogP contribution in [0.2, 0.25) is 0 Å². The van der Waals surface area contributed by atoms with Crippen LogP contribution < -0.4 is 0 Å². The highest BCUT2D eigenvalue weighted by atomic mass is 16.7. The molecule has 0 radical (unpaired) electrons. The molecule has 0 aromatic rings. The summed E-state index contributed by atoms with van der Waals surface area (Å²) >= 11 is 0. The molecule has 0 fully saturated rings. The van der Waals surface area contributed by atoms with Gasteiger partial charge in [0.05, 0.1) is 7.11 Å². The number of rotatable bonds is 1. The van der Waals surface area contributed by atoms with Crippen LogP contribution in [-0.4, -0.2) is 37.3 Å². The largest absolute Gasteiger partial charge is 0.510 e. The molecule has 0 bridgehead atoms. The highest BCUT2D eigenvalue weighted by molar-refractivity contribution is 5.91. The molecule has 1 aliphatic heterocycles. The van der Waals surface area contributed by atoms with Gasteiger partial charge in [-0.05, 0) is 12.5 Å². The average molecular weight is 185 g/mol. The van der Waals surface area contributed by atoms with E-state index in [2.05, 4.69) is 4.74 Å². The topological polar surface area (TPSA) is 55.8 Å². The van der Waals surface area contributed by atoms with Crippen molar-refractivity contribution in [3.8, 4) is 0 Å². The Morgan fingerprint density at radius 3 is 2.62 bits per heavy atom. The number of hydrogen-bond donors (Lipinski definition) is 0. The van der Waals surface area contributed by atoms with E-state index in [9.17, 15) is 9.59 Å². The highest BCUT2D eigenvalue weighted by Gasteiger charge is 2.30. The lowest BCUT2D eigenvalue weighted by atomic mass is 10.3. The monoisotopic (exact) mass is 185 g/mol. The molecule has 0 aliphatic carbocycles. The zero-order valence-electron chi connectivity index (χ0n) is 7.73. The molecule has 13 heavy (non-hydrogen) atoms. The summed E-state index contributed by atoms with van der Waals surface area (Å²) in [6.07, 6.45) is 0.00685. The fourth-order valence-electron chi connectivity index (χ4n) is 1.10. The van der Waals surface area contributed by atoms with Crippen LogP contribution in [0.25, 0.3) is 0 Å². The Labute approximate surface area is 75.9 Å². The number of amides is 1. The molecule has 0 saturated heterocycles. The number of carbonyl (C=O) groups excluding carboxylic acids is 2. The van der Waals surface area contributed by atoms with Gasteiger partial charge in [0.2, 0.25) is 12.1 Å². The first-order valence-corrected chi connectivity index (χ1v) is 3.76. The maximum atomic E-state index is 11.1. The van der Waals surface area contributed by atoms with E-state index >= 15 is 0 Å². The van der Waals surface area contributed by atoms with E-state index in [0.717, 1.165) is 0 Å². The molecule has 5 nitrogen and oxygen atoms in total. The molecule has 1 unspecified atom stereocenters. The van der Waals surface area contributed by atoms with Gasteiger partial charge in [-0.2, -0.15) is 0 Å². The van der Waals surface area contributed by atoms with Crippen LogP contribution >= 0.6 is 0 Å². The Balaban J connectivity index is 2.66. The van der Waals surface area contributed by atoms with Gasteiger partial charge in [-0.3, -0.25) is 4.79 Å². The summed E-state index contributed by atoms with van der Waals surface area (Å²) in [4.78, 5) is 23.2. The Morgan fingerprint density at radius 2 is 2.23 bits per heavy atom. The van der Waals surface area contributed by atoms with Crippen molar-refractivity contribution in [3.05, 3.63) is 11.6 Å². The molecule has 1 amide bonds. The lowest BCUT2D eigenvalue weighted by Gasteiger charge is -2.20. The maximum Gasteiger partial charge on any atom is 0.510 e. The second-order valence-corrected chi connectivity index (χ2v) is 2.76. The van der Waals surface area contributed by atoms with Gasteiger partial charge in [0.15, 0.2) is 0 Å². The lowest BCUT2D eigenvalue weighted by Crippen LogP contribution is -2.34. The molecule has 5 heteroatoms. The number of nitrogens with zero attached hydrogens (tertiary/aromatic N) is 1. The molecular formula is C8H11NO4. The maximum absolute atomic E-state index is 11.1. The van der Waals surface area contributed by atoms with Crippen LogP contribution in [0, 0.1) is 0 Å². The van der Waals surface area contributed by atoms with Gasteiger partial charge < -0.3 is 14.4 Å². The molecule has 72 valence electrons. The number of ether oxygens (including phenoxy) is 2. The second-order valence-electron chi connectivity index (χ2n) is 2.76. The molecule has 0 aromatic carbocycles. The molecule has 0 N–H and O–H groups in total. The molecular weight excluding hydrogens is 174 g/mol. The van der Waals surface area contributed by atoms with Crippen molar-refractivity contribution in [1.29, 1.82) is 0 Å². The van der Waals surface area contributed by atoms with E-state index in [1.165, 1.54) is 18.1 Å². The Kier molecular flexibility index (Phi) is 2.55. The smallest absolute Gasteiger partial charge is 0.438 e. The van der Waals surface area contributed by atoms with Crippen molar-refractivity contribution in [2.75, 3.05) is 14.2 Å². The van der Waals surface area contributed by atoms with Gasteiger partial charge in [0, 0.05) is 13.1 Å². The molecule has 0 aromatic heterocycles. The van der Waals surface area contributed by atoms with Gasteiger partial charge in [-0.25, -0.2) is 4.79 Å². The van der Waals surface area contributed by atoms with Crippen LogP contribution in [0.1, 0.15) is 6.92 Å². The van der Waals surface area contributed by atoms with Crippen LogP contribution in [0.3, 0.4) is 0 Å². The Bertz CT molecular complexity index is 271. The van der Waals surface area contributed by atoms with Crippen LogP contribution in [0.5, 0.6) is 0 Å². The zero-order chi connectivity index (χ0) is 10.0. The Morgan fingerprint density at radius 1 is 1.62 bits per heavy atom. The van der Waals surface area contributed by atoms with E-state index in [-0.39, 0.29) is 5.91 Å². The van der Waals surface area contributed by atoms with E-state index in [0.29, 0.717) is 5.57 Å². The van der Waals surface area contributed by atoms with E-state index < -0.39 is 12.4 Å². The predicted molar refractivity (Wildman–Crippen MR) is 43.8 cm³/mol. The number of hydrogen-bond acceptors (Lipinski definition) is 4. The minimum absolute atomic E-state index is 0.175. The van der Waals surface area contributed by atoms with Gasteiger partial charge in [-0.1, -0.05) is 0 Å². The SMILES string of the molecule is COC(=O)OC1C(C)=CC(=O)N1C. The molecule has 1 heterocycles. The normalized spacial score (nSPS) is 21.5. The fourth-order valence-corrected chi connectivity index (χ4v) is 1.10. The van der Waals surface area contributed by atoms with Crippen LogP contribution in [-0.2, 0) is 14.3 Å². The highest BCUT2D eigenvalue weighted by Crippen LogP contribution is 2.18. The summed E-state index contributed by atoms with van der Waals surface area (Å²) in [5.74, 6) is -0.175.